The maximum atomic E-state index is 13.4. The number of anilines is 1. The summed E-state index contributed by atoms with van der Waals surface area (Å²) in [6.45, 7) is 2.80. The number of furan rings is 2. The maximum absolute atomic E-state index is 13.4. The van der Waals surface area contributed by atoms with Gasteiger partial charge in [-0.05, 0) is 43.3 Å². The molecule has 1 aromatic carbocycles. The molecule has 11 heteroatoms. The molecular weight excluding hydrogens is 496 g/mol. The Morgan fingerprint density at radius 1 is 1.20 bits per heavy atom. The topological polar surface area (TPSA) is 123 Å². The number of para-hydroxylation sites is 1. The number of aliphatic hydroxyl groups is 1. The predicted octanol–water partition coefficient (Wildman–Crippen LogP) is 5.29. The molecule has 35 heavy (non-hydrogen) atoms. The van der Waals surface area contributed by atoms with Crippen LogP contribution >= 0.6 is 22.9 Å². The molecule has 0 bridgehead atoms. The number of aryl methyl sites for hydroxylation is 1. The number of hydrogen-bond acceptors (Lipinski definition) is 9. The van der Waals surface area contributed by atoms with Crippen molar-refractivity contribution in [2.24, 2.45) is 0 Å². The van der Waals surface area contributed by atoms with Crippen molar-refractivity contribution >= 4 is 55.9 Å². The monoisotopic (exact) mass is 512 g/mol. The molecule has 1 unspecified atom stereocenters. The van der Waals surface area contributed by atoms with Crippen LogP contribution in [-0.2, 0) is 20.9 Å². The summed E-state index contributed by atoms with van der Waals surface area (Å²) in [5.74, 6) is -1.81. The molecule has 1 N–H and O–H groups in total. The molecule has 1 atom stereocenters. The van der Waals surface area contributed by atoms with Crippen LogP contribution in [0.1, 0.15) is 40.8 Å². The van der Waals surface area contributed by atoms with Gasteiger partial charge in [-0.2, -0.15) is 0 Å². The number of Topliss-reactive ketones (excluding diaryl/α,β-unsaturated/α-hetero) is 1. The first kappa shape index (κ1) is 22.9. The summed E-state index contributed by atoms with van der Waals surface area (Å²) in [6.07, 6.45) is 0. The second-order valence-corrected chi connectivity index (χ2v) is 9.16. The highest BCUT2D eigenvalue weighted by atomic mass is 35.5. The minimum Gasteiger partial charge on any atom is -0.503 e. The largest absolute Gasteiger partial charge is 0.503 e. The standard InChI is InChI=1S/C24H17ClN2O7S/c1-11-6-8-16(33-11)21(29)18-20(15-9-7-13(34-15)10-32-12(2)28)27(23(31)22(18)30)24-26-19-14(25)4-3-5-17(19)35-24/h3-9,20,30H,10H2,1-2H3. The Balaban J connectivity index is 1.63. The molecule has 0 aliphatic carbocycles. The number of esters is 1. The first-order chi connectivity index (χ1) is 16.7. The van der Waals surface area contributed by atoms with E-state index in [1.165, 1.54) is 29.2 Å². The molecule has 4 aromatic rings. The van der Waals surface area contributed by atoms with Crippen LogP contribution < -0.4 is 4.90 Å². The number of carbonyl (C=O) groups is 3. The van der Waals surface area contributed by atoms with Gasteiger partial charge in [-0.1, -0.05) is 29.0 Å². The van der Waals surface area contributed by atoms with Crippen molar-refractivity contribution in [1.82, 2.24) is 4.98 Å². The number of ether oxygens (including phenoxy) is 1. The number of amides is 1. The molecule has 0 saturated heterocycles. The highest BCUT2D eigenvalue weighted by Gasteiger charge is 2.48. The fraction of sp³-hybridized carbons (Fsp3) is 0.167. The van der Waals surface area contributed by atoms with E-state index >= 15 is 0 Å². The summed E-state index contributed by atoms with van der Waals surface area (Å²) in [5, 5.41) is 11.4. The molecule has 1 amide bonds. The van der Waals surface area contributed by atoms with E-state index in [1.807, 2.05) is 0 Å². The number of nitrogens with zero attached hydrogens (tertiary/aromatic N) is 2. The van der Waals surface area contributed by atoms with Crippen molar-refractivity contribution in [1.29, 1.82) is 0 Å². The van der Waals surface area contributed by atoms with E-state index in [0.717, 1.165) is 4.70 Å². The van der Waals surface area contributed by atoms with Crippen LogP contribution in [0.3, 0.4) is 0 Å². The van der Waals surface area contributed by atoms with Crippen LogP contribution in [0.4, 0.5) is 5.13 Å². The van der Waals surface area contributed by atoms with Crippen LogP contribution in [0.5, 0.6) is 0 Å². The van der Waals surface area contributed by atoms with Gasteiger partial charge < -0.3 is 18.7 Å². The summed E-state index contributed by atoms with van der Waals surface area (Å²) in [5.41, 5.74) is 0.264. The number of carbonyl (C=O) groups excluding carboxylic acids is 3. The molecule has 1 aliphatic heterocycles. The number of ketones is 1. The lowest BCUT2D eigenvalue weighted by Gasteiger charge is -2.22. The lowest BCUT2D eigenvalue weighted by atomic mass is 10.00. The van der Waals surface area contributed by atoms with E-state index in [0.29, 0.717) is 22.1 Å². The summed E-state index contributed by atoms with van der Waals surface area (Å²) in [6, 6.07) is 10.3. The van der Waals surface area contributed by atoms with Crippen molar-refractivity contribution in [3.8, 4) is 0 Å². The molecule has 0 fully saturated rings. The zero-order valence-electron chi connectivity index (χ0n) is 18.4. The summed E-state index contributed by atoms with van der Waals surface area (Å²) in [4.78, 5) is 43.5. The van der Waals surface area contributed by atoms with E-state index in [-0.39, 0.29) is 28.8 Å². The van der Waals surface area contributed by atoms with Crippen molar-refractivity contribution in [3.05, 3.63) is 81.9 Å². The molecule has 0 spiro atoms. The third kappa shape index (κ3) is 4.00. The van der Waals surface area contributed by atoms with Crippen molar-refractivity contribution in [2.75, 3.05) is 4.90 Å². The summed E-state index contributed by atoms with van der Waals surface area (Å²) >= 11 is 7.45. The predicted molar refractivity (Wildman–Crippen MR) is 126 cm³/mol. The van der Waals surface area contributed by atoms with E-state index < -0.39 is 29.5 Å². The van der Waals surface area contributed by atoms with Crippen LogP contribution in [0.25, 0.3) is 10.2 Å². The minimum absolute atomic E-state index is 0.0391. The number of aliphatic hydroxyl groups excluding tert-OH is 1. The Kier molecular flexibility index (Phi) is 5.70. The average Bonchev–Trinajstić information content (AvgIpc) is 3.59. The summed E-state index contributed by atoms with van der Waals surface area (Å²) < 4.78 is 17.0. The van der Waals surface area contributed by atoms with Gasteiger partial charge >= 0.3 is 5.97 Å². The number of aromatic nitrogens is 1. The van der Waals surface area contributed by atoms with Gasteiger partial charge in [0.1, 0.15) is 35.4 Å². The zero-order valence-corrected chi connectivity index (χ0v) is 20.0. The highest BCUT2D eigenvalue weighted by Crippen LogP contribution is 2.45. The van der Waals surface area contributed by atoms with Crippen molar-refractivity contribution < 1.29 is 33.1 Å². The number of halogens is 1. The number of hydrogen-bond donors (Lipinski definition) is 1. The smallest absolute Gasteiger partial charge is 0.303 e. The van der Waals surface area contributed by atoms with Crippen LogP contribution in [0, 0.1) is 6.92 Å². The van der Waals surface area contributed by atoms with E-state index in [1.54, 1.807) is 43.3 Å². The Morgan fingerprint density at radius 3 is 2.69 bits per heavy atom. The van der Waals surface area contributed by atoms with Gasteiger partial charge in [0, 0.05) is 6.92 Å². The minimum atomic E-state index is -1.15. The molecule has 1 aliphatic rings. The van der Waals surface area contributed by atoms with Crippen LogP contribution in [-0.4, -0.2) is 27.8 Å². The number of rotatable bonds is 6. The number of benzene rings is 1. The Bertz CT molecular complexity index is 1530. The van der Waals surface area contributed by atoms with Crippen LogP contribution in [0.2, 0.25) is 5.02 Å². The summed E-state index contributed by atoms with van der Waals surface area (Å²) in [7, 11) is 0. The average molecular weight is 513 g/mol. The second-order valence-electron chi connectivity index (χ2n) is 7.75. The van der Waals surface area contributed by atoms with Gasteiger partial charge in [-0.3, -0.25) is 19.3 Å². The van der Waals surface area contributed by atoms with Gasteiger partial charge in [0.25, 0.3) is 5.91 Å². The Labute approximate surface area is 207 Å². The first-order valence-electron chi connectivity index (χ1n) is 10.4. The second kappa shape index (κ2) is 8.71. The third-order valence-electron chi connectivity index (χ3n) is 5.35. The molecule has 0 radical (unpaired) electrons. The van der Waals surface area contributed by atoms with E-state index in [9.17, 15) is 19.5 Å². The molecule has 0 saturated carbocycles. The van der Waals surface area contributed by atoms with Gasteiger partial charge in [0.15, 0.2) is 16.7 Å². The van der Waals surface area contributed by atoms with E-state index in [2.05, 4.69) is 4.98 Å². The highest BCUT2D eigenvalue weighted by molar-refractivity contribution is 7.22. The fourth-order valence-electron chi connectivity index (χ4n) is 3.79. The molecular formula is C24H17ClN2O7S. The fourth-order valence-corrected chi connectivity index (χ4v) is 5.08. The number of thiazole rings is 1. The van der Waals surface area contributed by atoms with Crippen molar-refractivity contribution in [2.45, 2.75) is 26.5 Å². The molecule has 5 rings (SSSR count). The van der Waals surface area contributed by atoms with Gasteiger partial charge in [0.2, 0.25) is 5.78 Å². The van der Waals surface area contributed by atoms with Gasteiger partial charge in [0.05, 0.1) is 15.3 Å². The van der Waals surface area contributed by atoms with Crippen molar-refractivity contribution in [3.63, 3.8) is 0 Å². The lowest BCUT2D eigenvalue weighted by molar-refractivity contribution is -0.142. The van der Waals surface area contributed by atoms with Gasteiger partial charge in [-0.25, -0.2) is 4.98 Å². The number of fused-ring (bicyclic) bond motifs is 1. The Hall–Kier alpha value is -3.89. The quantitative estimate of drug-likeness (QED) is 0.273. The van der Waals surface area contributed by atoms with Gasteiger partial charge in [-0.15, -0.1) is 0 Å². The Morgan fingerprint density at radius 2 is 2.00 bits per heavy atom. The van der Waals surface area contributed by atoms with Crippen LogP contribution in [0.15, 0.2) is 62.6 Å². The maximum Gasteiger partial charge on any atom is 0.303 e. The lowest BCUT2D eigenvalue weighted by Crippen LogP contribution is -2.30. The molecule has 4 heterocycles. The third-order valence-corrected chi connectivity index (χ3v) is 6.68. The molecule has 178 valence electrons. The normalized spacial score (nSPS) is 15.9. The van der Waals surface area contributed by atoms with E-state index in [4.69, 9.17) is 25.2 Å². The SMILES string of the molecule is CC(=O)OCc1ccc(C2C(C(=O)c3ccc(C)o3)=C(O)C(=O)N2c2nc3c(Cl)cccc3s2)o1. The molecule has 3 aromatic heterocycles. The molecule has 9 nitrogen and oxygen atoms in total. The zero-order chi connectivity index (χ0) is 24.9. The first-order valence-corrected chi connectivity index (χ1v) is 11.6.